The van der Waals surface area contributed by atoms with Crippen molar-refractivity contribution in [3.05, 3.63) is 101 Å². The van der Waals surface area contributed by atoms with Crippen LogP contribution in [0.1, 0.15) is 91.3 Å². The smallest absolute Gasteiger partial charge is 0.343 e. The van der Waals surface area contributed by atoms with E-state index in [1.807, 2.05) is 61.5 Å². The molecule has 3 aromatic carbocycles. The number of carbonyl (C=O) groups excluding carboxylic acids is 2. The lowest BCUT2D eigenvalue weighted by atomic mass is 9.79. The van der Waals surface area contributed by atoms with E-state index in [1.165, 1.54) is 0 Å². The van der Waals surface area contributed by atoms with Gasteiger partial charge in [-0.05, 0) is 100 Å². The maximum Gasteiger partial charge on any atom is 0.343 e. The molecule has 216 valence electrons. The Balaban J connectivity index is 1.20. The minimum absolute atomic E-state index is 0.0443. The monoisotopic (exact) mass is 554 g/mol. The molecule has 2 fully saturated rings. The molecule has 4 unspecified atom stereocenters. The number of benzene rings is 3. The molecule has 4 atom stereocenters. The minimum atomic E-state index is -0.845. The first kappa shape index (κ1) is 29.2. The van der Waals surface area contributed by atoms with E-state index in [4.69, 9.17) is 4.74 Å². The highest BCUT2D eigenvalue weighted by molar-refractivity contribution is 6.00. The van der Waals surface area contributed by atoms with Gasteiger partial charge >= 0.3 is 5.97 Å². The van der Waals surface area contributed by atoms with Gasteiger partial charge in [-0.3, -0.25) is 14.6 Å². The summed E-state index contributed by atoms with van der Waals surface area (Å²) in [6.07, 6.45) is 3.24. The number of aliphatic hydroxyl groups is 1. The van der Waals surface area contributed by atoms with Crippen molar-refractivity contribution >= 4 is 11.8 Å². The van der Waals surface area contributed by atoms with Gasteiger partial charge in [-0.15, -0.1) is 0 Å². The van der Waals surface area contributed by atoms with Gasteiger partial charge < -0.3 is 9.84 Å². The number of carbonyl (C=O) groups is 2. The summed E-state index contributed by atoms with van der Waals surface area (Å²) in [6, 6.07) is 24.7. The molecule has 5 rings (SSSR count). The molecule has 41 heavy (non-hydrogen) atoms. The van der Waals surface area contributed by atoms with Crippen LogP contribution in [0, 0.1) is 0 Å². The van der Waals surface area contributed by atoms with Crippen molar-refractivity contribution in [2.75, 3.05) is 13.1 Å². The zero-order valence-electron chi connectivity index (χ0n) is 24.6. The first-order valence-electron chi connectivity index (χ1n) is 15.0. The summed E-state index contributed by atoms with van der Waals surface area (Å²) >= 11 is 0. The fourth-order valence-electron chi connectivity index (χ4n) is 6.99. The molecule has 0 spiro atoms. The molecule has 0 saturated carbocycles. The summed E-state index contributed by atoms with van der Waals surface area (Å²) in [5, 5.41) is 11.5. The van der Waals surface area contributed by atoms with Crippen LogP contribution in [0.5, 0.6) is 5.75 Å². The molecular weight excluding hydrogens is 512 g/mol. The number of ketones is 1. The minimum Gasteiger partial charge on any atom is -0.423 e. The Kier molecular flexibility index (Phi) is 8.74. The number of nitrogens with zero attached hydrogens (tertiary/aromatic N) is 2. The third-order valence-corrected chi connectivity index (χ3v) is 9.30. The summed E-state index contributed by atoms with van der Waals surface area (Å²) in [5.41, 5.74) is 2.36. The van der Waals surface area contributed by atoms with Crippen LogP contribution in [-0.4, -0.2) is 57.9 Å². The molecule has 0 aliphatic carbocycles. The third-order valence-electron chi connectivity index (χ3n) is 9.30. The summed E-state index contributed by atoms with van der Waals surface area (Å²) in [7, 11) is 0. The van der Waals surface area contributed by atoms with Crippen molar-refractivity contribution < 1.29 is 19.4 Å². The normalized spacial score (nSPS) is 23.8. The van der Waals surface area contributed by atoms with Crippen molar-refractivity contribution in [3.63, 3.8) is 0 Å². The first-order valence-corrected chi connectivity index (χ1v) is 15.0. The number of fused-ring (bicyclic) bond motifs is 2. The second kappa shape index (κ2) is 12.3. The van der Waals surface area contributed by atoms with E-state index in [2.05, 4.69) is 30.6 Å². The SMILES string of the molecule is CCN(CC)C(C)c1ccc(C(=O)Oc2ccc(C(=O)C(C)N3C4CCC3CC(O)(c3ccccc3)C4)cc2)cc1. The van der Waals surface area contributed by atoms with Crippen LogP contribution in [0.15, 0.2) is 78.9 Å². The Labute approximate surface area is 243 Å². The lowest BCUT2D eigenvalue weighted by Crippen LogP contribution is -2.54. The van der Waals surface area contributed by atoms with E-state index in [0.29, 0.717) is 29.7 Å². The van der Waals surface area contributed by atoms with Crippen LogP contribution in [-0.2, 0) is 5.60 Å². The van der Waals surface area contributed by atoms with Crippen LogP contribution in [0.3, 0.4) is 0 Å². The summed E-state index contributed by atoms with van der Waals surface area (Å²) in [5.74, 6) is 0.0314. The van der Waals surface area contributed by atoms with Gasteiger partial charge in [0, 0.05) is 23.7 Å². The highest BCUT2D eigenvalue weighted by Gasteiger charge is 2.50. The van der Waals surface area contributed by atoms with Gasteiger partial charge in [-0.1, -0.05) is 56.3 Å². The molecule has 6 heteroatoms. The Morgan fingerprint density at radius 1 is 0.878 bits per heavy atom. The van der Waals surface area contributed by atoms with Gasteiger partial charge in [0.05, 0.1) is 17.2 Å². The van der Waals surface area contributed by atoms with E-state index in [1.54, 1.807) is 24.3 Å². The Bertz CT molecular complexity index is 1320. The molecule has 6 nitrogen and oxygen atoms in total. The van der Waals surface area contributed by atoms with Crippen molar-refractivity contribution in [2.45, 2.75) is 83.1 Å². The zero-order chi connectivity index (χ0) is 29.1. The van der Waals surface area contributed by atoms with Gasteiger partial charge in [0.15, 0.2) is 5.78 Å². The van der Waals surface area contributed by atoms with Crippen LogP contribution < -0.4 is 4.74 Å². The fraction of sp³-hybridized carbons (Fsp3) is 0.429. The third kappa shape index (κ3) is 6.01. The molecule has 0 aromatic heterocycles. The molecule has 2 heterocycles. The van der Waals surface area contributed by atoms with Gasteiger partial charge in [0.2, 0.25) is 0 Å². The predicted molar refractivity (Wildman–Crippen MR) is 161 cm³/mol. The van der Waals surface area contributed by atoms with E-state index >= 15 is 0 Å². The van der Waals surface area contributed by atoms with Crippen molar-refractivity contribution in [3.8, 4) is 5.75 Å². The van der Waals surface area contributed by atoms with E-state index in [0.717, 1.165) is 37.1 Å². The van der Waals surface area contributed by atoms with Crippen molar-refractivity contribution in [2.24, 2.45) is 0 Å². The number of hydrogen-bond donors (Lipinski definition) is 1. The first-order chi connectivity index (χ1) is 19.7. The standard InChI is InChI=1S/C35H42N2O4/c1-5-36(6-2)24(3)26-12-14-28(15-13-26)34(39)41-32-20-16-27(17-21-32)33(38)25(4)37-30-18-19-31(37)23-35(40,22-30)29-10-8-7-9-11-29/h7-17,20-21,24-25,30-31,40H,5-6,18-19,22-23H2,1-4H3. The Morgan fingerprint density at radius 2 is 1.44 bits per heavy atom. The lowest BCUT2D eigenvalue weighted by Gasteiger charge is -2.46. The molecule has 2 aliphatic heterocycles. The van der Waals surface area contributed by atoms with Gasteiger partial charge in [-0.2, -0.15) is 0 Å². The van der Waals surface area contributed by atoms with E-state index in [-0.39, 0.29) is 30.0 Å². The molecular formula is C35H42N2O4. The molecule has 0 radical (unpaired) electrons. The maximum absolute atomic E-state index is 13.5. The van der Waals surface area contributed by atoms with Gasteiger partial charge in [0.1, 0.15) is 5.75 Å². The fourth-order valence-corrected chi connectivity index (χ4v) is 6.99. The second-order valence-electron chi connectivity index (χ2n) is 11.6. The highest BCUT2D eigenvalue weighted by atomic mass is 16.5. The van der Waals surface area contributed by atoms with E-state index < -0.39 is 11.6 Å². The lowest BCUT2D eigenvalue weighted by molar-refractivity contribution is -0.0639. The van der Waals surface area contributed by atoms with Gasteiger partial charge in [-0.25, -0.2) is 4.79 Å². The molecule has 2 bridgehead atoms. The number of piperidine rings is 1. The van der Waals surface area contributed by atoms with Crippen LogP contribution in [0.4, 0.5) is 0 Å². The van der Waals surface area contributed by atoms with Crippen molar-refractivity contribution in [1.29, 1.82) is 0 Å². The summed E-state index contributed by atoms with van der Waals surface area (Å²) in [4.78, 5) is 31.0. The summed E-state index contributed by atoms with van der Waals surface area (Å²) < 4.78 is 5.61. The zero-order valence-corrected chi connectivity index (χ0v) is 24.6. The largest absolute Gasteiger partial charge is 0.423 e. The average Bonchev–Trinajstić information content (AvgIpc) is 3.28. The topological polar surface area (TPSA) is 70.1 Å². The molecule has 2 aliphatic rings. The number of Topliss-reactive ketones (excluding diaryl/α,β-unsaturated/α-hetero) is 1. The molecule has 0 amide bonds. The predicted octanol–water partition coefficient (Wildman–Crippen LogP) is 6.39. The number of ether oxygens (including phenoxy) is 1. The average molecular weight is 555 g/mol. The highest BCUT2D eigenvalue weighted by Crippen LogP contribution is 2.46. The number of hydrogen-bond acceptors (Lipinski definition) is 6. The molecule has 1 N–H and O–H groups in total. The van der Waals surface area contributed by atoms with Crippen LogP contribution in [0.2, 0.25) is 0 Å². The quantitative estimate of drug-likeness (QED) is 0.178. The van der Waals surface area contributed by atoms with E-state index in [9.17, 15) is 14.7 Å². The van der Waals surface area contributed by atoms with Crippen molar-refractivity contribution in [1.82, 2.24) is 9.80 Å². The van der Waals surface area contributed by atoms with Crippen LogP contribution in [0.25, 0.3) is 0 Å². The Morgan fingerprint density at radius 3 is 2.00 bits per heavy atom. The Hall–Kier alpha value is -3.32. The van der Waals surface area contributed by atoms with Crippen LogP contribution >= 0.6 is 0 Å². The molecule has 3 aromatic rings. The maximum atomic E-state index is 13.5. The number of esters is 1. The second-order valence-corrected chi connectivity index (χ2v) is 11.6. The number of rotatable bonds is 10. The summed E-state index contributed by atoms with van der Waals surface area (Å²) in [6.45, 7) is 10.4. The molecule has 2 saturated heterocycles. The van der Waals surface area contributed by atoms with Gasteiger partial charge in [0.25, 0.3) is 0 Å².